The zero-order valence-corrected chi connectivity index (χ0v) is 13.3. The van der Waals surface area contributed by atoms with Crippen molar-refractivity contribution in [2.75, 3.05) is 12.3 Å². The molecule has 0 aromatic rings. The summed E-state index contributed by atoms with van der Waals surface area (Å²) in [5.74, 6) is 0.961. The van der Waals surface area contributed by atoms with Crippen LogP contribution in [-0.4, -0.2) is 29.8 Å². The van der Waals surface area contributed by atoms with Crippen LogP contribution in [0.4, 0.5) is 13.2 Å². The van der Waals surface area contributed by atoms with Gasteiger partial charge in [-0.1, -0.05) is 26.2 Å². The monoisotopic (exact) mass is 311 g/mol. The van der Waals surface area contributed by atoms with Gasteiger partial charge in [0.25, 0.3) is 0 Å². The van der Waals surface area contributed by atoms with Crippen molar-refractivity contribution in [2.24, 2.45) is 0 Å². The second kappa shape index (κ2) is 9.93. The highest BCUT2D eigenvalue weighted by atomic mass is 32.2. The van der Waals surface area contributed by atoms with E-state index in [2.05, 4.69) is 12.2 Å². The molecule has 1 atom stereocenters. The molecule has 0 aliphatic heterocycles. The Bertz CT molecular complexity index is 240. The van der Waals surface area contributed by atoms with Gasteiger partial charge in [-0.05, 0) is 38.6 Å². The van der Waals surface area contributed by atoms with E-state index in [0.717, 1.165) is 24.0 Å². The van der Waals surface area contributed by atoms with Gasteiger partial charge in [0.05, 0.1) is 0 Å². The fraction of sp³-hybridized carbons (Fsp3) is 1.00. The minimum atomic E-state index is -4.01. The van der Waals surface area contributed by atoms with Gasteiger partial charge >= 0.3 is 6.18 Å². The van der Waals surface area contributed by atoms with Crippen molar-refractivity contribution in [3.63, 3.8) is 0 Å². The van der Waals surface area contributed by atoms with Crippen molar-refractivity contribution in [1.29, 1.82) is 0 Å². The van der Waals surface area contributed by atoms with Gasteiger partial charge in [-0.2, -0.15) is 24.9 Å². The summed E-state index contributed by atoms with van der Waals surface area (Å²) in [6.45, 7) is 3.00. The average molecular weight is 311 g/mol. The molecule has 120 valence electrons. The van der Waals surface area contributed by atoms with Crippen LogP contribution in [0.25, 0.3) is 0 Å². The second-order valence-corrected chi connectivity index (χ2v) is 7.09. The van der Waals surface area contributed by atoms with Crippen LogP contribution < -0.4 is 5.32 Å². The molecule has 1 nitrogen and oxygen atoms in total. The molecule has 0 radical (unpaired) electrons. The van der Waals surface area contributed by atoms with Crippen LogP contribution in [0.1, 0.15) is 64.7 Å². The van der Waals surface area contributed by atoms with Gasteiger partial charge in [0.15, 0.2) is 0 Å². The summed E-state index contributed by atoms with van der Waals surface area (Å²) in [6.07, 6.45) is 3.82. The third kappa shape index (κ3) is 9.11. The molecule has 1 N–H and O–H groups in total. The van der Waals surface area contributed by atoms with Crippen LogP contribution in [0.2, 0.25) is 0 Å². The first-order valence-electron chi connectivity index (χ1n) is 7.93. The summed E-state index contributed by atoms with van der Waals surface area (Å²) in [6, 6.07) is 0.240. The van der Waals surface area contributed by atoms with Gasteiger partial charge in [-0.3, -0.25) is 0 Å². The molecule has 0 saturated heterocycles. The third-order valence-corrected chi connectivity index (χ3v) is 5.32. The Morgan fingerprint density at radius 1 is 1.20 bits per heavy atom. The molecule has 1 aliphatic carbocycles. The summed E-state index contributed by atoms with van der Waals surface area (Å²) < 4.78 is 36.6. The predicted molar refractivity (Wildman–Crippen MR) is 81.3 cm³/mol. The number of alkyl halides is 3. The lowest BCUT2D eigenvalue weighted by molar-refractivity contribution is -0.135. The molecule has 1 rings (SSSR count). The Labute approximate surface area is 125 Å². The van der Waals surface area contributed by atoms with Gasteiger partial charge in [-0.15, -0.1) is 0 Å². The van der Waals surface area contributed by atoms with Crippen molar-refractivity contribution < 1.29 is 13.2 Å². The van der Waals surface area contributed by atoms with Gasteiger partial charge in [0.2, 0.25) is 0 Å². The number of hydrogen-bond acceptors (Lipinski definition) is 2. The Hall–Kier alpha value is 0.100. The lowest BCUT2D eigenvalue weighted by Gasteiger charge is -2.24. The number of halogens is 3. The highest BCUT2D eigenvalue weighted by Crippen LogP contribution is 2.29. The van der Waals surface area contributed by atoms with Crippen molar-refractivity contribution in [3.05, 3.63) is 0 Å². The van der Waals surface area contributed by atoms with Crippen LogP contribution in [0, 0.1) is 0 Å². The van der Waals surface area contributed by atoms with Crippen LogP contribution in [-0.2, 0) is 0 Å². The highest BCUT2D eigenvalue weighted by molar-refractivity contribution is 7.99. The molecule has 0 aromatic carbocycles. The highest BCUT2D eigenvalue weighted by Gasteiger charge is 2.26. The van der Waals surface area contributed by atoms with Crippen LogP contribution >= 0.6 is 11.8 Å². The molecule has 1 fully saturated rings. The van der Waals surface area contributed by atoms with Gasteiger partial charge in [0.1, 0.15) is 0 Å². The van der Waals surface area contributed by atoms with E-state index in [1.807, 2.05) is 11.8 Å². The van der Waals surface area contributed by atoms with E-state index in [1.54, 1.807) is 0 Å². The fourth-order valence-corrected chi connectivity index (χ4v) is 4.08. The van der Waals surface area contributed by atoms with E-state index in [9.17, 15) is 13.2 Å². The largest absolute Gasteiger partial charge is 0.389 e. The minimum absolute atomic E-state index is 0.240. The third-order valence-electron chi connectivity index (χ3n) is 3.78. The predicted octanol–water partition coefficient (Wildman–Crippen LogP) is 5.15. The summed E-state index contributed by atoms with van der Waals surface area (Å²) >= 11 is 1.97. The topological polar surface area (TPSA) is 12.0 Å². The summed E-state index contributed by atoms with van der Waals surface area (Å²) in [7, 11) is 0. The zero-order chi connectivity index (χ0) is 14.8. The SMILES string of the molecule is CCCNC(CCCC(F)(F)F)CSC1CCCCC1. The lowest BCUT2D eigenvalue weighted by atomic mass is 10.0. The van der Waals surface area contributed by atoms with Crippen molar-refractivity contribution in [2.45, 2.75) is 82.2 Å². The molecular formula is C15H28F3NS. The first-order chi connectivity index (χ1) is 9.51. The smallest absolute Gasteiger partial charge is 0.313 e. The molecule has 20 heavy (non-hydrogen) atoms. The second-order valence-electron chi connectivity index (χ2n) is 5.75. The summed E-state index contributed by atoms with van der Waals surface area (Å²) in [4.78, 5) is 0. The van der Waals surface area contributed by atoms with Gasteiger partial charge in [0, 0.05) is 23.5 Å². The fourth-order valence-electron chi connectivity index (χ4n) is 2.63. The van der Waals surface area contributed by atoms with E-state index in [1.165, 1.54) is 32.1 Å². The maximum Gasteiger partial charge on any atom is 0.389 e. The van der Waals surface area contributed by atoms with Crippen molar-refractivity contribution in [1.82, 2.24) is 5.32 Å². The van der Waals surface area contributed by atoms with E-state index in [-0.39, 0.29) is 12.5 Å². The van der Waals surface area contributed by atoms with E-state index in [0.29, 0.717) is 6.42 Å². The zero-order valence-electron chi connectivity index (χ0n) is 12.5. The maximum absolute atomic E-state index is 12.2. The normalized spacial score (nSPS) is 19.2. The Morgan fingerprint density at radius 3 is 2.50 bits per heavy atom. The van der Waals surface area contributed by atoms with E-state index in [4.69, 9.17) is 0 Å². The minimum Gasteiger partial charge on any atom is -0.313 e. The Kier molecular flexibility index (Phi) is 9.01. The van der Waals surface area contributed by atoms with Crippen molar-refractivity contribution >= 4 is 11.8 Å². The molecule has 1 unspecified atom stereocenters. The van der Waals surface area contributed by atoms with E-state index >= 15 is 0 Å². The first-order valence-corrected chi connectivity index (χ1v) is 8.98. The van der Waals surface area contributed by atoms with Crippen molar-refractivity contribution in [3.8, 4) is 0 Å². The van der Waals surface area contributed by atoms with Crippen LogP contribution in [0.15, 0.2) is 0 Å². The Balaban J connectivity index is 2.23. The molecule has 0 amide bonds. The number of hydrogen-bond donors (Lipinski definition) is 1. The molecule has 0 bridgehead atoms. The molecule has 1 saturated carbocycles. The number of nitrogens with one attached hydrogen (secondary N) is 1. The maximum atomic E-state index is 12.2. The molecule has 5 heteroatoms. The lowest BCUT2D eigenvalue weighted by Crippen LogP contribution is -2.33. The Morgan fingerprint density at radius 2 is 1.90 bits per heavy atom. The molecular weight excluding hydrogens is 283 g/mol. The average Bonchev–Trinajstić information content (AvgIpc) is 2.41. The molecule has 0 spiro atoms. The van der Waals surface area contributed by atoms with E-state index < -0.39 is 12.6 Å². The first kappa shape index (κ1) is 18.1. The van der Waals surface area contributed by atoms with Crippen LogP contribution in [0.5, 0.6) is 0 Å². The standard InChI is InChI=1S/C15H28F3NS/c1-2-11-19-13(7-6-10-15(16,17)18)12-20-14-8-4-3-5-9-14/h13-14,19H,2-12H2,1H3. The molecule has 0 heterocycles. The quantitative estimate of drug-likeness (QED) is 0.632. The number of rotatable bonds is 9. The molecule has 0 aromatic heterocycles. The summed E-state index contributed by atoms with van der Waals surface area (Å²) in [5, 5.41) is 4.14. The van der Waals surface area contributed by atoms with Gasteiger partial charge in [-0.25, -0.2) is 0 Å². The summed E-state index contributed by atoms with van der Waals surface area (Å²) in [5.41, 5.74) is 0. The van der Waals surface area contributed by atoms with Gasteiger partial charge < -0.3 is 5.32 Å². The molecule has 1 aliphatic rings. The van der Waals surface area contributed by atoms with Crippen LogP contribution in [0.3, 0.4) is 0 Å². The number of thioether (sulfide) groups is 1.